The maximum absolute atomic E-state index is 10.6. The summed E-state index contributed by atoms with van der Waals surface area (Å²) < 4.78 is 14.8. The van der Waals surface area contributed by atoms with Gasteiger partial charge in [0, 0.05) is 0 Å². The van der Waals surface area contributed by atoms with Crippen molar-refractivity contribution in [2.45, 2.75) is 109 Å². The van der Waals surface area contributed by atoms with Crippen LogP contribution in [-0.2, 0) is 9.09 Å². The Labute approximate surface area is 158 Å². The summed E-state index contributed by atoms with van der Waals surface area (Å²) in [6, 6.07) is -1.03. The number of aliphatic hydroxyl groups is 2. The fraction of sp³-hybridized carbons (Fsp3) is 1.00. The van der Waals surface area contributed by atoms with Crippen molar-refractivity contribution in [1.82, 2.24) is 0 Å². The molecule has 26 heavy (non-hydrogen) atoms. The number of phosphoric acid groups is 1. The van der Waals surface area contributed by atoms with E-state index in [1.54, 1.807) is 0 Å². The second-order valence-electron chi connectivity index (χ2n) is 7.19. The van der Waals surface area contributed by atoms with Crippen LogP contribution in [0.5, 0.6) is 0 Å². The van der Waals surface area contributed by atoms with Crippen molar-refractivity contribution >= 4 is 7.82 Å². The second kappa shape index (κ2) is 16.0. The van der Waals surface area contributed by atoms with Gasteiger partial charge < -0.3 is 25.7 Å². The monoisotopic (exact) mass is 397 g/mol. The molecule has 0 spiro atoms. The molecular formula is C18H40NO6P. The van der Waals surface area contributed by atoms with Gasteiger partial charge in [-0.15, -0.1) is 0 Å². The number of hydrogen-bond acceptors (Lipinski definition) is 5. The summed E-state index contributed by atoms with van der Waals surface area (Å²) in [6.45, 7) is 1.73. The molecule has 8 heteroatoms. The maximum atomic E-state index is 10.6. The van der Waals surface area contributed by atoms with Crippen molar-refractivity contribution in [1.29, 1.82) is 0 Å². The van der Waals surface area contributed by atoms with E-state index in [0.29, 0.717) is 6.42 Å². The summed E-state index contributed by atoms with van der Waals surface area (Å²) >= 11 is 0. The standard InChI is InChI=1S/C18H40NO6P/c1-2-3-4-5-6-7-8-9-10-11-12-13-14-17(20)18(21)16(19)15-25-26(22,23)24/h16-18,20-21H,2-15,19H2,1H3,(H2,22,23,24)/t16-,17-,18-/m1/s1. The molecule has 0 amide bonds. The van der Waals surface area contributed by atoms with Gasteiger partial charge in [0.2, 0.25) is 0 Å². The van der Waals surface area contributed by atoms with E-state index in [4.69, 9.17) is 15.5 Å². The van der Waals surface area contributed by atoms with Crippen LogP contribution in [0, 0.1) is 0 Å². The molecule has 0 heterocycles. The highest BCUT2D eigenvalue weighted by Gasteiger charge is 2.26. The summed E-state index contributed by atoms with van der Waals surface area (Å²) in [4.78, 5) is 17.2. The zero-order valence-corrected chi connectivity index (χ0v) is 17.2. The Balaban J connectivity index is 3.52. The van der Waals surface area contributed by atoms with Gasteiger partial charge in [0.05, 0.1) is 24.9 Å². The van der Waals surface area contributed by atoms with E-state index in [2.05, 4.69) is 11.4 Å². The molecule has 0 aromatic rings. The van der Waals surface area contributed by atoms with Gasteiger partial charge in [-0.3, -0.25) is 4.52 Å². The molecule has 3 atom stereocenters. The highest BCUT2D eigenvalue weighted by atomic mass is 31.2. The quantitative estimate of drug-likeness (QED) is 0.177. The first-order chi connectivity index (χ1) is 12.3. The highest BCUT2D eigenvalue weighted by Crippen LogP contribution is 2.35. The summed E-state index contributed by atoms with van der Waals surface area (Å²) in [7, 11) is -4.61. The Morgan fingerprint density at radius 2 is 1.27 bits per heavy atom. The SMILES string of the molecule is CCCCCCCCCCCCCC[C@@H](O)[C@H](O)[C@H](N)COP(=O)(O)O. The molecule has 0 unspecified atom stereocenters. The van der Waals surface area contributed by atoms with Gasteiger partial charge in [-0.1, -0.05) is 84.0 Å². The number of aliphatic hydroxyl groups excluding tert-OH is 2. The predicted octanol–water partition coefficient (Wildman–Crippen LogP) is 3.24. The fourth-order valence-electron chi connectivity index (χ4n) is 2.93. The molecule has 0 radical (unpaired) electrons. The van der Waals surface area contributed by atoms with Gasteiger partial charge in [0.15, 0.2) is 0 Å². The first-order valence-electron chi connectivity index (χ1n) is 10.1. The van der Waals surface area contributed by atoms with Crippen molar-refractivity contribution < 1.29 is 29.1 Å². The lowest BCUT2D eigenvalue weighted by molar-refractivity contribution is -0.0121. The maximum Gasteiger partial charge on any atom is 0.469 e. The van der Waals surface area contributed by atoms with E-state index >= 15 is 0 Å². The summed E-state index contributed by atoms with van der Waals surface area (Å²) in [5.41, 5.74) is 5.58. The Kier molecular flexibility index (Phi) is 16.0. The average molecular weight is 397 g/mol. The summed E-state index contributed by atoms with van der Waals surface area (Å²) in [5.74, 6) is 0. The third-order valence-corrected chi connectivity index (χ3v) is 5.11. The van der Waals surface area contributed by atoms with Gasteiger partial charge >= 0.3 is 7.82 Å². The third kappa shape index (κ3) is 16.2. The largest absolute Gasteiger partial charge is 0.469 e. The van der Waals surface area contributed by atoms with Gasteiger partial charge in [-0.25, -0.2) is 4.57 Å². The van der Waals surface area contributed by atoms with Crippen LogP contribution in [0.4, 0.5) is 0 Å². The molecule has 0 fully saturated rings. The molecule has 0 saturated carbocycles. The van der Waals surface area contributed by atoms with Crippen LogP contribution in [0.1, 0.15) is 90.4 Å². The van der Waals surface area contributed by atoms with Gasteiger partial charge in [0.1, 0.15) is 0 Å². The van der Waals surface area contributed by atoms with Crippen LogP contribution in [0.15, 0.2) is 0 Å². The van der Waals surface area contributed by atoms with Gasteiger partial charge in [0.25, 0.3) is 0 Å². The average Bonchev–Trinajstić information content (AvgIpc) is 2.59. The smallest absolute Gasteiger partial charge is 0.390 e. The van der Waals surface area contributed by atoms with E-state index in [9.17, 15) is 14.8 Å². The minimum atomic E-state index is -4.61. The Morgan fingerprint density at radius 3 is 1.69 bits per heavy atom. The van der Waals surface area contributed by atoms with Crippen molar-refractivity contribution in [3.63, 3.8) is 0 Å². The first-order valence-corrected chi connectivity index (χ1v) is 11.6. The molecular weight excluding hydrogens is 357 g/mol. The molecule has 0 aliphatic heterocycles. The van der Waals surface area contributed by atoms with Crippen LogP contribution >= 0.6 is 7.82 Å². The number of rotatable bonds is 18. The van der Waals surface area contributed by atoms with E-state index < -0.39 is 32.7 Å². The summed E-state index contributed by atoms with van der Waals surface area (Å²) in [5, 5.41) is 19.8. The van der Waals surface area contributed by atoms with E-state index in [1.165, 1.54) is 57.8 Å². The Bertz CT molecular complexity index is 366. The van der Waals surface area contributed by atoms with Crippen molar-refractivity contribution in [2.75, 3.05) is 6.61 Å². The topological polar surface area (TPSA) is 133 Å². The number of hydrogen-bond donors (Lipinski definition) is 5. The molecule has 0 aliphatic rings. The predicted molar refractivity (Wildman–Crippen MR) is 104 cm³/mol. The van der Waals surface area contributed by atoms with E-state index in [0.717, 1.165) is 19.3 Å². The Morgan fingerprint density at radius 1 is 0.846 bits per heavy atom. The first kappa shape index (κ1) is 26.0. The molecule has 6 N–H and O–H groups in total. The minimum Gasteiger partial charge on any atom is -0.390 e. The molecule has 7 nitrogen and oxygen atoms in total. The second-order valence-corrected chi connectivity index (χ2v) is 8.43. The molecule has 0 aliphatic carbocycles. The van der Waals surface area contributed by atoms with Crippen molar-refractivity contribution in [3.05, 3.63) is 0 Å². The number of phosphoric ester groups is 1. The number of nitrogens with two attached hydrogens (primary N) is 1. The number of unbranched alkanes of at least 4 members (excludes halogenated alkanes) is 11. The van der Waals surface area contributed by atoms with Crippen molar-refractivity contribution in [2.24, 2.45) is 5.73 Å². The molecule has 158 valence electrons. The highest BCUT2D eigenvalue weighted by molar-refractivity contribution is 7.46. The third-order valence-electron chi connectivity index (χ3n) is 4.62. The van der Waals surface area contributed by atoms with Crippen LogP contribution in [0.2, 0.25) is 0 Å². The molecule has 0 saturated heterocycles. The van der Waals surface area contributed by atoms with Gasteiger partial charge in [-0.2, -0.15) is 0 Å². The van der Waals surface area contributed by atoms with Crippen LogP contribution < -0.4 is 5.73 Å². The lowest BCUT2D eigenvalue weighted by Gasteiger charge is -2.23. The lowest BCUT2D eigenvalue weighted by Crippen LogP contribution is -2.45. The molecule has 0 aromatic heterocycles. The summed E-state index contributed by atoms with van der Waals surface area (Å²) in [6.07, 6.45) is 12.8. The molecule has 0 aromatic carbocycles. The zero-order valence-electron chi connectivity index (χ0n) is 16.3. The molecule has 0 bridgehead atoms. The van der Waals surface area contributed by atoms with E-state index in [-0.39, 0.29) is 0 Å². The lowest BCUT2D eigenvalue weighted by atomic mass is 10.00. The minimum absolute atomic E-state index is 0.419. The van der Waals surface area contributed by atoms with Crippen LogP contribution in [-0.4, -0.2) is 44.9 Å². The van der Waals surface area contributed by atoms with Crippen LogP contribution in [0.3, 0.4) is 0 Å². The van der Waals surface area contributed by atoms with Gasteiger partial charge in [-0.05, 0) is 6.42 Å². The normalized spacial score (nSPS) is 15.8. The Hall–Kier alpha value is -0.0100. The zero-order chi connectivity index (χ0) is 19.8. The van der Waals surface area contributed by atoms with E-state index in [1.807, 2.05) is 0 Å². The fourth-order valence-corrected chi connectivity index (χ4v) is 3.30. The van der Waals surface area contributed by atoms with Crippen molar-refractivity contribution in [3.8, 4) is 0 Å². The molecule has 0 rings (SSSR count). The van der Waals surface area contributed by atoms with Crippen LogP contribution in [0.25, 0.3) is 0 Å².